The maximum absolute atomic E-state index is 3.38. The van der Waals surface area contributed by atoms with Crippen LogP contribution in [0.4, 0.5) is 0 Å². The number of benzene rings is 10. The summed E-state index contributed by atoms with van der Waals surface area (Å²) in [5, 5.41) is 16.0. The Morgan fingerprint density at radius 2 is 0.691 bits per heavy atom. The topological polar surface area (TPSA) is 15.8 Å². The van der Waals surface area contributed by atoms with E-state index in [1.807, 2.05) is 13.8 Å². The van der Waals surface area contributed by atoms with Crippen LogP contribution in [0.25, 0.3) is 75.7 Å². The van der Waals surface area contributed by atoms with Gasteiger partial charge in [0, 0.05) is 33.6 Å². The van der Waals surface area contributed by atoms with Gasteiger partial charge in [-0.05, 0) is 88.2 Å². The fourth-order valence-corrected chi connectivity index (χ4v) is 8.71. The number of para-hydroxylation sites is 2. The van der Waals surface area contributed by atoms with Crippen LogP contribution in [0.3, 0.4) is 0 Å². The molecule has 0 aliphatic heterocycles. The summed E-state index contributed by atoms with van der Waals surface area (Å²) in [4.78, 5) is 3.38. The molecular formula is C54H45N. The first kappa shape index (κ1) is 34.3. The smallest absolute Gasteiger partial charge is 0.0464 e. The first-order chi connectivity index (χ1) is 27.1. The largest absolute Gasteiger partial charge is 0.355 e. The quantitative estimate of drug-likeness (QED) is 0.175. The summed E-state index contributed by atoms with van der Waals surface area (Å²) in [6.07, 6.45) is 0. The van der Waals surface area contributed by atoms with Gasteiger partial charge in [-0.1, -0.05) is 198 Å². The monoisotopic (exact) mass is 707 g/mol. The lowest BCUT2D eigenvalue weighted by Gasteiger charge is -2.21. The molecule has 11 rings (SSSR count). The van der Waals surface area contributed by atoms with Crippen molar-refractivity contribution in [3.8, 4) is 0 Å². The van der Waals surface area contributed by atoms with E-state index >= 15 is 0 Å². The van der Waals surface area contributed by atoms with Crippen LogP contribution < -0.4 is 0 Å². The highest BCUT2D eigenvalue weighted by atomic mass is 14.7. The summed E-state index contributed by atoms with van der Waals surface area (Å²) in [5.74, 6) is 0.593. The Morgan fingerprint density at radius 3 is 1.15 bits per heavy atom. The molecule has 1 nitrogen and oxygen atoms in total. The lowest BCUT2D eigenvalue weighted by atomic mass is 9.82. The van der Waals surface area contributed by atoms with Crippen molar-refractivity contribution in [2.45, 2.75) is 39.5 Å². The molecule has 11 aromatic rings. The van der Waals surface area contributed by atoms with Gasteiger partial charge in [0.2, 0.25) is 0 Å². The maximum atomic E-state index is 3.38. The molecule has 0 radical (unpaired) electrons. The molecule has 266 valence electrons. The standard InChI is InChI=1S/C40H30.C12H9N.C2H6/c1-25(31-13-11-27-7-3-5-9-33(27)23-31)35-19-15-29-18-22-38-36(20-16-30-17-21-37(35)39(29)40(30)38)26(2)32-14-12-28-8-4-6-10-34(28)24-32;1-3-7-11-9(5-1)10-6-2-4-8-12(10)13-11;1-2/h3-26H,1-2H3;1-8,13H;1-2H3. The number of hydrogen-bond donors (Lipinski definition) is 1. The van der Waals surface area contributed by atoms with E-state index in [-0.39, 0.29) is 0 Å². The Hall–Kier alpha value is -6.44. The summed E-state index contributed by atoms with van der Waals surface area (Å²) in [6.45, 7) is 8.70. The fourth-order valence-electron chi connectivity index (χ4n) is 8.71. The van der Waals surface area contributed by atoms with E-state index in [1.54, 1.807) is 0 Å². The molecule has 0 saturated carbocycles. The van der Waals surface area contributed by atoms with E-state index in [4.69, 9.17) is 0 Å². The van der Waals surface area contributed by atoms with Crippen LogP contribution in [0.5, 0.6) is 0 Å². The Bertz CT molecular complexity index is 2900. The van der Waals surface area contributed by atoms with Gasteiger partial charge in [-0.25, -0.2) is 0 Å². The second kappa shape index (κ2) is 14.4. The van der Waals surface area contributed by atoms with Gasteiger partial charge in [-0.3, -0.25) is 0 Å². The predicted molar refractivity (Wildman–Crippen MR) is 240 cm³/mol. The molecule has 1 heteroatoms. The van der Waals surface area contributed by atoms with Crippen molar-refractivity contribution in [1.82, 2.24) is 4.98 Å². The van der Waals surface area contributed by atoms with Crippen LogP contribution in [0.15, 0.2) is 182 Å². The highest BCUT2D eigenvalue weighted by Crippen LogP contribution is 2.43. The molecule has 0 bridgehead atoms. The SMILES string of the molecule is CC.CC(c1ccc2ccccc2c1)c1ccc2ccc3c(C(C)c4ccc5ccccc5c4)ccc4ccc1c2c43.c1ccc2c(c1)[nH]c1ccccc12. The molecule has 55 heavy (non-hydrogen) atoms. The number of aromatic nitrogens is 1. The van der Waals surface area contributed by atoms with Crippen LogP contribution >= 0.6 is 0 Å². The predicted octanol–water partition coefficient (Wildman–Crippen LogP) is 15.5. The third kappa shape index (κ3) is 6.07. The van der Waals surface area contributed by atoms with Crippen LogP contribution in [0.1, 0.15) is 61.8 Å². The molecule has 1 heterocycles. The van der Waals surface area contributed by atoms with E-state index < -0.39 is 0 Å². The third-order valence-corrected chi connectivity index (χ3v) is 11.6. The van der Waals surface area contributed by atoms with Crippen LogP contribution in [-0.4, -0.2) is 4.98 Å². The summed E-state index contributed by atoms with van der Waals surface area (Å²) >= 11 is 0. The number of aromatic amines is 1. The number of hydrogen-bond acceptors (Lipinski definition) is 0. The molecule has 0 fully saturated rings. The minimum atomic E-state index is 0.296. The van der Waals surface area contributed by atoms with Crippen LogP contribution in [0, 0.1) is 0 Å². The lowest BCUT2D eigenvalue weighted by molar-refractivity contribution is 0.935. The molecule has 10 aromatic carbocycles. The van der Waals surface area contributed by atoms with E-state index in [0.717, 1.165) is 0 Å². The molecule has 2 unspecified atom stereocenters. The minimum Gasteiger partial charge on any atom is -0.355 e. The molecule has 0 aliphatic carbocycles. The Kier molecular flexibility index (Phi) is 9.00. The van der Waals surface area contributed by atoms with Gasteiger partial charge in [0.05, 0.1) is 0 Å². The fraction of sp³-hybridized carbons (Fsp3) is 0.111. The van der Waals surface area contributed by atoms with Crippen molar-refractivity contribution in [2.24, 2.45) is 0 Å². The van der Waals surface area contributed by atoms with Crippen molar-refractivity contribution in [1.29, 1.82) is 0 Å². The Balaban J connectivity index is 0.000000221. The molecule has 0 spiro atoms. The van der Waals surface area contributed by atoms with E-state index in [2.05, 4.69) is 201 Å². The highest BCUT2D eigenvalue weighted by molar-refractivity contribution is 6.24. The zero-order valence-corrected chi connectivity index (χ0v) is 32.0. The van der Waals surface area contributed by atoms with Gasteiger partial charge in [0.25, 0.3) is 0 Å². The molecule has 0 saturated heterocycles. The van der Waals surface area contributed by atoms with Crippen molar-refractivity contribution in [2.75, 3.05) is 0 Å². The van der Waals surface area contributed by atoms with Gasteiger partial charge >= 0.3 is 0 Å². The Labute approximate surface area is 323 Å². The summed E-state index contributed by atoms with van der Waals surface area (Å²) in [7, 11) is 0. The van der Waals surface area contributed by atoms with Crippen molar-refractivity contribution in [3.05, 3.63) is 204 Å². The highest BCUT2D eigenvalue weighted by Gasteiger charge is 2.19. The Morgan fingerprint density at radius 1 is 0.327 bits per heavy atom. The van der Waals surface area contributed by atoms with E-state index in [9.17, 15) is 0 Å². The summed E-state index contributed by atoms with van der Waals surface area (Å²) < 4.78 is 0. The number of H-pyrrole nitrogens is 1. The van der Waals surface area contributed by atoms with E-state index in [0.29, 0.717) is 11.8 Å². The zero-order chi connectivity index (χ0) is 37.5. The summed E-state index contributed by atoms with van der Waals surface area (Å²) in [6, 6.07) is 66.6. The molecule has 2 atom stereocenters. The number of nitrogens with one attached hydrogen (secondary N) is 1. The molecule has 0 aliphatic rings. The zero-order valence-electron chi connectivity index (χ0n) is 32.0. The second-order valence-corrected chi connectivity index (χ2v) is 14.6. The van der Waals surface area contributed by atoms with Crippen molar-refractivity contribution in [3.63, 3.8) is 0 Å². The minimum absolute atomic E-state index is 0.296. The molecule has 1 aromatic heterocycles. The van der Waals surface area contributed by atoms with Crippen molar-refractivity contribution < 1.29 is 0 Å². The average Bonchev–Trinajstić information content (AvgIpc) is 3.64. The van der Waals surface area contributed by atoms with Crippen molar-refractivity contribution >= 4 is 75.7 Å². The third-order valence-electron chi connectivity index (χ3n) is 11.6. The van der Waals surface area contributed by atoms with Gasteiger partial charge in [-0.2, -0.15) is 0 Å². The average molecular weight is 708 g/mol. The second-order valence-electron chi connectivity index (χ2n) is 14.6. The molecular weight excluding hydrogens is 663 g/mol. The van der Waals surface area contributed by atoms with Crippen LogP contribution in [-0.2, 0) is 0 Å². The lowest BCUT2D eigenvalue weighted by Crippen LogP contribution is -2.00. The van der Waals surface area contributed by atoms with Gasteiger partial charge in [0.1, 0.15) is 0 Å². The number of fused-ring (bicyclic) bond motifs is 5. The molecule has 1 N–H and O–H groups in total. The summed E-state index contributed by atoms with van der Waals surface area (Å²) in [5.41, 5.74) is 7.93. The maximum Gasteiger partial charge on any atom is 0.0464 e. The van der Waals surface area contributed by atoms with Gasteiger partial charge < -0.3 is 4.98 Å². The van der Waals surface area contributed by atoms with Crippen LogP contribution in [0.2, 0.25) is 0 Å². The van der Waals surface area contributed by atoms with Gasteiger partial charge in [0.15, 0.2) is 0 Å². The number of rotatable bonds is 4. The van der Waals surface area contributed by atoms with Gasteiger partial charge in [-0.15, -0.1) is 0 Å². The first-order valence-electron chi connectivity index (χ1n) is 19.7. The first-order valence-corrected chi connectivity index (χ1v) is 19.7. The normalized spacial score (nSPS) is 12.6. The molecule has 0 amide bonds. The van der Waals surface area contributed by atoms with E-state index in [1.165, 1.54) is 97.9 Å².